The van der Waals surface area contributed by atoms with Crippen LogP contribution in [0.25, 0.3) is 0 Å². The lowest BCUT2D eigenvalue weighted by atomic mass is 11.5. The first-order valence-electron chi connectivity index (χ1n) is 0.651. The molecule has 0 aliphatic rings. The maximum Gasteiger partial charge on any atom is 0.347 e. The van der Waals surface area contributed by atoms with Gasteiger partial charge in [0.15, 0.2) is 0 Å². The van der Waals surface area contributed by atoms with Gasteiger partial charge in [0.1, 0.15) is 0 Å². The number of halogens is 1. The Morgan fingerprint density at radius 3 is 1.40 bits per heavy atom. The molecule has 0 heterocycles. The average molecular weight is 115 g/mol. The summed E-state index contributed by atoms with van der Waals surface area (Å²) < 4.78 is 0. The van der Waals surface area contributed by atoms with E-state index < -0.39 is 5.24 Å². The minimum atomic E-state index is -1.000. The van der Waals surface area contributed by atoms with E-state index >= 15 is 0 Å². The second-order valence-electron chi connectivity index (χ2n) is 0.283. The van der Waals surface area contributed by atoms with Crippen molar-refractivity contribution in [1.29, 1.82) is 0 Å². The second-order valence-corrected chi connectivity index (χ2v) is 0.648. The quantitative estimate of drug-likeness (QED) is 0.458. The number of aliphatic hydroxyl groups excluding tert-OH is 1. The summed E-state index contributed by atoms with van der Waals surface area (Å²) in [5, 5.41) is 13.7. The molecule has 5 heavy (non-hydrogen) atoms. The highest BCUT2D eigenvalue weighted by Gasteiger charge is 1.62. The molecule has 0 aromatic rings. The summed E-state index contributed by atoms with van der Waals surface area (Å²) in [5.74, 6) is 0. The van der Waals surface area contributed by atoms with Crippen LogP contribution in [0.15, 0.2) is 0 Å². The normalized spacial score (nSPS) is 4.80. The van der Waals surface area contributed by atoms with Crippen LogP contribution in [0.3, 0.4) is 0 Å². The lowest BCUT2D eigenvalue weighted by Gasteiger charge is -1.65. The summed E-state index contributed by atoms with van der Waals surface area (Å²) in [6.45, 7) is 0. The molecule has 32 valence electrons. The third-order valence-corrected chi connectivity index (χ3v) is 0. The zero-order valence-corrected chi connectivity index (χ0v) is 3.84. The Morgan fingerprint density at radius 1 is 1.40 bits per heavy atom. The largest absolute Gasteiger partial charge is 0.473 e. The molecule has 0 aromatic carbocycles. The van der Waals surface area contributed by atoms with Gasteiger partial charge in [0, 0.05) is 12.2 Å². The third-order valence-electron chi connectivity index (χ3n) is 0. The minimum absolute atomic E-state index is 0. The van der Waals surface area contributed by atoms with Crippen LogP contribution in [-0.2, 0) is 0 Å². The van der Waals surface area contributed by atoms with Gasteiger partial charge in [-0.1, -0.05) is 0 Å². The van der Waals surface area contributed by atoms with Gasteiger partial charge >= 0.3 is 5.24 Å². The number of aliphatic hydroxyl groups is 2. The fourth-order valence-electron chi connectivity index (χ4n) is 0. The number of hydrogen-bond donors (Lipinski definition) is 2. The standard InChI is InChI=1S/CH2O2S.ClH/c2-1(3)4;/h(H2,2,3,4);1H. The molecule has 0 saturated carbocycles. The zero-order valence-electron chi connectivity index (χ0n) is 2.21. The van der Waals surface area contributed by atoms with Gasteiger partial charge in [-0.2, -0.15) is 0 Å². The molecular formula is CH3ClO2S. The summed E-state index contributed by atoms with van der Waals surface area (Å²) in [6.07, 6.45) is 0. The predicted octanol–water partition coefficient (Wildman–Crippen LogP) is 0.809. The van der Waals surface area contributed by atoms with Crippen LogP contribution in [0.1, 0.15) is 0 Å². The minimum Gasteiger partial charge on any atom is -0.473 e. The molecule has 0 aliphatic heterocycles. The van der Waals surface area contributed by atoms with Crippen molar-refractivity contribution < 1.29 is 10.2 Å². The highest BCUT2D eigenvalue weighted by Crippen LogP contribution is 1.47. The molecule has 0 amide bonds. The van der Waals surface area contributed by atoms with Crippen molar-refractivity contribution in [2.45, 2.75) is 0 Å². The summed E-state index contributed by atoms with van der Waals surface area (Å²) in [7, 11) is 0. The van der Waals surface area contributed by atoms with Crippen LogP contribution in [0.4, 0.5) is 0 Å². The van der Waals surface area contributed by atoms with Gasteiger partial charge in [0.05, 0.1) is 0 Å². The molecule has 0 spiro atoms. The van der Waals surface area contributed by atoms with E-state index in [1.54, 1.807) is 0 Å². The Kier molecular flexibility index (Phi) is 7.07. The van der Waals surface area contributed by atoms with Crippen LogP contribution < -0.4 is 0 Å². The van der Waals surface area contributed by atoms with Crippen molar-refractivity contribution in [1.82, 2.24) is 0 Å². The number of thiocarbonyl (C=S) groups is 1. The van der Waals surface area contributed by atoms with E-state index in [2.05, 4.69) is 12.2 Å². The first-order valence-corrected chi connectivity index (χ1v) is 1.06. The molecule has 0 atom stereocenters. The van der Waals surface area contributed by atoms with Crippen molar-refractivity contribution in [2.24, 2.45) is 0 Å². The van der Waals surface area contributed by atoms with Crippen molar-refractivity contribution in [2.75, 3.05) is 0 Å². The Balaban J connectivity index is 0. The first kappa shape index (κ1) is 8.88. The molecule has 0 bridgehead atoms. The van der Waals surface area contributed by atoms with Crippen LogP contribution in [0, 0.1) is 0 Å². The van der Waals surface area contributed by atoms with Crippen molar-refractivity contribution in [3.05, 3.63) is 0 Å². The third kappa shape index (κ3) is 39000. The summed E-state index contributed by atoms with van der Waals surface area (Å²) in [6, 6.07) is 0. The summed E-state index contributed by atoms with van der Waals surface area (Å²) >= 11 is 3.65. The van der Waals surface area contributed by atoms with Crippen molar-refractivity contribution in [3.8, 4) is 0 Å². The molecule has 0 saturated heterocycles. The first-order chi connectivity index (χ1) is 1.73. The molecule has 2 nitrogen and oxygen atoms in total. The van der Waals surface area contributed by atoms with Crippen LogP contribution in [0.2, 0.25) is 0 Å². The molecule has 0 radical (unpaired) electrons. The van der Waals surface area contributed by atoms with E-state index in [0.717, 1.165) is 0 Å². The molecule has 0 rings (SSSR count). The van der Waals surface area contributed by atoms with Gasteiger partial charge in [-0.25, -0.2) is 0 Å². The van der Waals surface area contributed by atoms with Crippen LogP contribution in [0.5, 0.6) is 0 Å². The van der Waals surface area contributed by atoms with E-state index in [-0.39, 0.29) is 12.4 Å². The fraction of sp³-hybridized carbons (Fsp3) is 0. The molecular weight excluding hydrogens is 112 g/mol. The Morgan fingerprint density at radius 2 is 1.40 bits per heavy atom. The highest BCUT2D eigenvalue weighted by molar-refractivity contribution is 7.79. The topological polar surface area (TPSA) is 40.5 Å². The summed E-state index contributed by atoms with van der Waals surface area (Å²) in [5.41, 5.74) is 0. The molecule has 2 N–H and O–H groups in total. The maximum absolute atomic E-state index is 7.34. The van der Waals surface area contributed by atoms with Crippen molar-refractivity contribution >= 4 is 29.9 Å². The molecule has 4 heteroatoms. The Hall–Kier alpha value is -0.0200. The van der Waals surface area contributed by atoms with E-state index in [1.165, 1.54) is 0 Å². The van der Waals surface area contributed by atoms with Gasteiger partial charge in [0.2, 0.25) is 0 Å². The van der Waals surface area contributed by atoms with E-state index in [1.807, 2.05) is 0 Å². The number of rotatable bonds is 0. The lowest BCUT2D eigenvalue weighted by molar-refractivity contribution is 0.386. The second kappa shape index (κ2) is 3.98. The van der Waals surface area contributed by atoms with Crippen LogP contribution in [-0.4, -0.2) is 15.4 Å². The average Bonchev–Trinajstić information content (AvgIpc) is 0.811. The van der Waals surface area contributed by atoms with Gasteiger partial charge in [0.25, 0.3) is 0 Å². The Bertz CT molecular complexity index is 32.6. The Labute approximate surface area is 40.8 Å². The van der Waals surface area contributed by atoms with Gasteiger partial charge < -0.3 is 10.2 Å². The lowest BCUT2D eigenvalue weighted by Crippen LogP contribution is -1.80. The summed E-state index contributed by atoms with van der Waals surface area (Å²) in [4.78, 5) is 0. The van der Waals surface area contributed by atoms with E-state index in [0.29, 0.717) is 0 Å². The van der Waals surface area contributed by atoms with Gasteiger partial charge in [-0.15, -0.1) is 12.4 Å². The zero-order chi connectivity index (χ0) is 3.58. The smallest absolute Gasteiger partial charge is 0.347 e. The van der Waals surface area contributed by atoms with Crippen LogP contribution >= 0.6 is 24.6 Å². The van der Waals surface area contributed by atoms with E-state index in [4.69, 9.17) is 10.2 Å². The SMILES string of the molecule is Cl.OC(O)=S. The number of hydrogen-bond acceptors (Lipinski definition) is 1. The molecule has 0 fully saturated rings. The van der Waals surface area contributed by atoms with Gasteiger partial charge in [-0.3, -0.25) is 0 Å². The monoisotopic (exact) mass is 114 g/mol. The fourth-order valence-corrected chi connectivity index (χ4v) is 0. The maximum atomic E-state index is 7.34. The van der Waals surface area contributed by atoms with Gasteiger partial charge in [-0.05, 0) is 0 Å². The van der Waals surface area contributed by atoms with Crippen molar-refractivity contribution in [3.63, 3.8) is 0 Å². The highest BCUT2D eigenvalue weighted by atomic mass is 35.5. The molecule has 0 aliphatic carbocycles. The molecule has 0 aromatic heterocycles. The predicted molar refractivity (Wildman–Crippen MR) is 25.1 cm³/mol. The molecule has 0 unspecified atom stereocenters. The van der Waals surface area contributed by atoms with E-state index in [9.17, 15) is 0 Å².